The van der Waals surface area contributed by atoms with E-state index in [1.165, 1.54) is 6.33 Å². The molecular formula is C25H32Cl2N8O2. The van der Waals surface area contributed by atoms with Crippen LogP contribution in [0.15, 0.2) is 30.6 Å². The van der Waals surface area contributed by atoms with Gasteiger partial charge in [-0.15, -0.1) is 0 Å². The van der Waals surface area contributed by atoms with Crippen molar-refractivity contribution in [3.8, 4) is 5.75 Å². The monoisotopic (exact) mass is 546 g/mol. The Labute approximate surface area is 226 Å². The van der Waals surface area contributed by atoms with Crippen LogP contribution in [0.5, 0.6) is 5.75 Å². The fourth-order valence-corrected chi connectivity index (χ4v) is 4.65. The number of rotatable bonds is 8. The van der Waals surface area contributed by atoms with Gasteiger partial charge in [0.2, 0.25) is 11.9 Å². The Bertz CT molecular complexity index is 1280. The summed E-state index contributed by atoms with van der Waals surface area (Å²) in [5.74, 6) is 1.14. The molecule has 1 fully saturated rings. The normalized spacial score (nSPS) is 15.8. The number of aliphatic hydroxyl groups is 1. The summed E-state index contributed by atoms with van der Waals surface area (Å²) in [5.41, 5.74) is 8.51. The van der Waals surface area contributed by atoms with Crippen LogP contribution in [-0.2, 0) is 5.60 Å². The molecule has 1 aliphatic rings. The number of halogens is 2. The number of nitrogens with two attached hydrogens (primary N) is 1. The molecule has 2 aromatic carbocycles. The summed E-state index contributed by atoms with van der Waals surface area (Å²) in [6.07, 6.45) is 2.44. The minimum Gasteiger partial charge on any atom is -0.494 e. The van der Waals surface area contributed by atoms with Crippen LogP contribution in [0.25, 0.3) is 0 Å². The standard InChI is InChI=1S/C25H32Cl2N8O2/c1-25(2,36)15-8-16(26)17(27)9-19(15)31-23-29-13-30-24(33-23)32-20-10-18(28)21(11-22(20)37-5)35-7-6-14(12-35)34(3)4/h8-11,13-14,36H,6-7,12,28H2,1-5H3,(H2,29,30,31,32,33)/t14-/m1/s1. The van der Waals surface area contributed by atoms with Gasteiger partial charge in [-0.3, -0.25) is 0 Å². The molecule has 2 heterocycles. The smallest absolute Gasteiger partial charge is 0.232 e. The Morgan fingerprint density at radius 2 is 1.73 bits per heavy atom. The van der Waals surface area contributed by atoms with Gasteiger partial charge < -0.3 is 36.0 Å². The van der Waals surface area contributed by atoms with Crippen molar-refractivity contribution in [2.75, 3.05) is 55.6 Å². The SMILES string of the molecule is COc1cc(N2CC[C@@H](N(C)C)C2)c(N)cc1Nc1ncnc(Nc2cc(Cl)c(Cl)cc2C(C)(C)O)n1. The molecule has 0 radical (unpaired) electrons. The van der Waals surface area contributed by atoms with E-state index in [0.717, 1.165) is 25.2 Å². The quantitative estimate of drug-likeness (QED) is 0.297. The lowest BCUT2D eigenvalue weighted by atomic mass is 9.96. The van der Waals surface area contributed by atoms with Crippen molar-refractivity contribution in [1.29, 1.82) is 0 Å². The van der Waals surface area contributed by atoms with Crippen molar-refractivity contribution in [1.82, 2.24) is 19.9 Å². The number of methoxy groups -OCH3 is 1. The maximum Gasteiger partial charge on any atom is 0.232 e. The Morgan fingerprint density at radius 1 is 1.08 bits per heavy atom. The van der Waals surface area contributed by atoms with Crippen LogP contribution in [0.4, 0.5) is 34.6 Å². The second kappa shape index (κ2) is 10.7. The molecule has 1 saturated heterocycles. The molecule has 1 aromatic heterocycles. The zero-order chi connectivity index (χ0) is 26.9. The molecule has 12 heteroatoms. The third-order valence-corrected chi connectivity index (χ3v) is 7.09. The van der Waals surface area contributed by atoms with E-state index in [1.807, 2.05) is 12.1 Å². The lowest BCUT2D eigenvalue weighted by Crippen LogP contribution is -2.31. The van der Waals surface area contributed by atoms with E-state index in [1.54, 1.807) is 33.1 Å². The molecule has 198 valence electrons. The van der Waals surface area contributed by atoms with Crippen molar-refractivity contribution < 1.29 is 9.84 Å². The van der Waals surface area contributed by atoms with Crippen LogP contribution in [0.2, 0.25) is 10.0 Å². The summed E-state index contributed by atoms with van der Waals surface area (Å²) in [6.45, 7) is 5.13. The lowest BCUT2D eigenvalue weighted by Gasteiger charge is -2.24. The van der Waals surface area contributed by atoms with Crippen LogP contribution in [0, 0.1) is 0 Å². The summed E-state index contributed by atoms with van der Waals surface area (Å²) in [4.78, 5) is 17.4. The van der Waals surface area contributed by atoms with Crippen molar-refractivity contribution >= 4 is 57.8 Å². The summed E-state index contributed by atoms with van der Waals surface area (Å²) >= 11 is 12.4. The summed E-state index contributed by atoms with van der Waals surface area (Å²) in [5, 5.41) is 17.5. The summed E-state index contributed by atoms with van der Waals surface area (Å²) in [6, 6.07) is 7.46. The fraction of sp³-hybridized carbons (Fsp3) is 0.400. The molecule has 5 N–H and O–H groups in total. The Kier molecular flexibility index (Phi) is 7.84. The number of ether oxygens (including phenoxy) is 1. The van der Waals surface area contributed by atoms with E-state index < -0.39 is 5.60 Å². The third kappa shape index (κ3) is 6.10. The molecule has 1 atom stereocenters. The van der Waals surface area contributed by atoms with Gasteiger partial charge in [0.1, 0.15) is 12.1 Å². The molecule has 0 unspecified atom stereocenters. The molecule has 0 saturated carbocycles. The minimum atomic E-state index is -1.18. The summed E-state index contributed by atoms with van der Waals surface area (Å²) in [7, 11) is 5.79. The van der Waals surface area contributed by atoms with Crippen LogP contribution in [0.1, 0.15) is 25.8 Å². The van der Waals surface area contributed by atoms with E-state index in [0.29, 0.717) is 44.5 Å². The number of nitrogens with zero attached hydrogens (tertiary/aromatic N) is 5. The van der Waals surface area contributed by atoms with E-state index in [-0.39, 0.29) is 11.9 Å². The van der Waals surface area contributed by atoms with Crippen molar-refractivity contribution in [2.24, 2.45) is 0 Å². The molecule has 4 rings (SSSR count). The Morgan fingerprint density at radius 3 is 2.32 bits per heavy atom. The van der Waals surface area contributed by atoms with E-state index >= 15 is 0 Å². The first kappa shape index (κ1) is 27.0. The van der Waals surface area contributed by atoms with Gasteiger partial charge in [-0.05, 0) is 52.6 Å². The predicted octanol–water partition coefficient (Wildman–Crippen LogP) is 4.62. The molecular weight excluding hydrogens is 515 g/mol. The first-order valence-corrected chi connectivity index (χ1v) is 12.6. The number of benzene rings is 2. The van der Waals surface area contributed by atoms with Gasteiger partial charge in [-0.1, -0.05) is 23.2 Å². The van der Waals surface area contributed by atoms with Gasteiger partial charge in [0, 0.05) is 36.4 Å². The van der Waals surface area contributed by atoms with Gasteiger partial charge in [0.25, 0.3) is 0 Å². The number of anilines is 6. The fourth-order valence-electron chi connectivity index (χ4n) is 4.32. The topological polar surface area (TPSA) is 125 Å². The highest BCUT2D eigenvalue weighted by atomic mass is 35.5. The van der Waals surface area contributed by atoms with Crippen molar-refractivity contribution in [3.63, 3.8) is 0 Å². The van der Waals surface area contributed by atoms with Crippen molar-refractivity contribution in [3.05, 3.63) is 46.2 Å². The number of likely N-dealkylation sites (N-methyl/N-ethyl adjacent to an activating group) is 1. The molecule has 10 nitrogen and oxygen atoms in total. The number of aromatic nitrogens is 3. The first-order chi connectivity index (χ1) is 17.5. The van der Waals surface area contributed by atoms with Crippen molar-refractivity contribution in [2.45, 2.75) is 31.9 Å². The lowest BCUT2D eigenvalue weighted by molar-refractivity contribution is 0.0794. The van der Waals surface area contributed by atoms with Gasteiger partial charge >= 0.3 is 0 Å². The van der Waals surface area contributed by atoms with Crippen LogP contribution < -0.4 is 26.0 Å². The van der Waals surface area contributed by atoms with Gasteiger partial charge in [-0.2, -0.15) is 4.98 Å². The number of nitrogens with one attached hydrogen (secondary N) is 2. The average molecular weight is 547 g/mol. The maximum absolute atomic E-state index is 10.6. The first-order valence-electron chi connectivity index (χ1n) is 11.8. The highest BCUT2D eigenvalue weighted by Crippen LogP contribution is 2.39. The zero-order valence-corrected chi connectivity index (χ0v) is 23.0. The molecule has 1 aliphatic heterocycles. The molecule has 0 bridgehead atoms. The van der Waals surface area contributed by atoms with Gasteiger partial charge in [0.15, 0.2) is 0 Å². The number of nitrogen functional groups attached to an aromatic ring is 1. The van der Waals surface area contributed by atoms with E-state index in [4.69, 9.17) is 33.7 Å². The largest absolute Gasteiger partial charge is 0.494 e. The highest BCUT2D eigenvalue weighted by Gasteiger charge is 2.26. The van der Waals surface area contributed by atoms with Gasteiger partial charge in [-0.25, -0.2) is 9.97 Å². The molecule has 37 heavy (non-hydrogen) atoms. The minimum absolute atomic E-state index is 0.247. The molecule has 0 aliphatic carbocycles. The van der Waals surface area contributed by atoms with Crippen LogP contribution in [-0.4, -0.2) is 65.3 Å². The third-order valence-electron chi connectivity index (χ3n) is 6.37. The molecule has 3 aromatic rings. The molecule has 0 amide bonds. The maximum atomic E-state index is 10.6. The Hall–Kier alpha value is -3.05. The Balaban J connectivity index is 1.58. The second-order valence-corrected chi connectivity index (χ2v) is 10.5. The average Bonchev–Trinajstić information content (AvgIpc) is 3.31. The summed E-state index contributed by atoms with van der Waals surface area (Å²) < 4.78 is 5.65. The second-order valence-electron chi connectivity index (χ2n) is 9.72. The highest BCUT2D eigenvalue weighted by molar-refractivity contribution is 6.42. The van der Waals surface area contributed by atoms with Gasteiger partial charge in [0.05, 0.1) is 39.8 Å². The zero-order valence-electron chi connectivity index (χ0n) is 21.5. The number of hydrogen-bond donors (Lipinski definition) is 4. The number of hydrogen-bond acceptors (Lipinski definition) is 10. The van der Waals surface area contributed by atoms with Crippen LogP contribution >= 0.6 is 23.2 Å². The molecule has 0 spiro atoms. The predicted molar refractivity (Wildman–Crippen MR) is 150 cm³/mol. The van der Waals surface area contributed by atoms with E-state index in [2.05, 4.69) is 49.5 Å². The van der Waals surface area contributed by atoms with Crippen LogP contribution in [0.3, 0.4) is 0 Å². The van der Waals surface area contributed by atoms with E-state index in [9.17, 15) is 5.11 Å².